The summed E-state index contributed by atoms with van der Waals surface area (Å²) in [5.74, 6) is 0. The minimum Gasteiger partial charge on any atom is -0.389 e. The van der Waals surface area contributed by atoms with Crippen LogP contribution in [0.3, 0.4) is 0 Å². The maximum Gasteiger partial charge on any atom is 0.416 e. The molecular weight excluding hydrogens is 357 g/mol. The molecule has 1 unspecified atom stereocenters. The van der Waals surface area contributed by atoms with E-state index in [9.17, 15) is 26.7 Å². The molecule has 25 heavy (non-hydrogen) atoms. The second kappa shape index (κ2) is 7.22. The van der Waals surface area contributed by atoms with E-state index < -0.39 is 27.4 Å². The number of sulfonamides is 1. The highest BCUT2D eigenvalue weighted by Gasteiger charge is 2.35. The van der Waals surface area contributed by atoms with Crippen LogP contribution in [-0.2, 0) is 16.2 Å². The fourth-order valence-electron chi connectivity index (χ4n) is 3.11. The Morgan fingerprint density at radius 1 is 1.16 bits per heavy atom. The van der Waals surface area contributed by atoms with Gasteiger partial charge in [0.1, 0.15) is 0 Å². The van der Waals surface area contributed by atoms with Gasteiger partial charge in [0.25, 0.3) is 0 Å². The molecule has 0 bridgehead atoms. The van der Waals surface area contributed by atoms with Crippen LogP contribution in [0, 0.1) is 0 Å². The zero-order valence-corrected chi connectivity index (χ0v) is 15.1. The first kappa shape index (κ1) is 20.2. The van der Waals surface area contributed by atoms with Crippen molar-refractivity contribution in [1.29, 1.82) is 0 Å². The Labute approximate surface area is 146 Å². The van der Waals surface area contributed by atoms with E-state index in [0.717, 1.165) is 24.3 Å². The van der Waals surface area contributed by atoms with Gasteiger partial charge < -0.3 is 10.0 Å². The van der Waals surface area contributed by atoms with Gasteiger partial charge in [0.15, 0.2) is 0 Å². The van der Waals surface area contributed by atoms with Gasteiger partial charge >= 0.3 is 6.18 Å². The van der Waals surface area contributed by atoms with Gasteiger partial charge in [0.2, 0.25) is 10.0 Å². The third kappa shape index (κ3) is 4.93. The van der Waals surface area contributed by atoms with Crippen LogP contribution in [0.2, 0.25) is 0 Å². The van der Waals surface area contributed by atoms with Crippen LogP contribution in [0.15, 0.2) is 29.2 Å². The first-order valence-corrected chi connectivity index (χ1v) is 9.43. The maximum absolute atomic E-state index is 12.7. The van der Waals surface area contributed by atoms with Gasteiger partial charge in [0.05, 0.1) is 16.1 Å². The number of likely N-dealkylation sites (N-methyl/N-ethyl adjacent to an activating group) is 1. The highest BCUT2D eigenvalue weighted by molar-refractivity contribution is 7.89. The van der Waals surface area contributed by atoms with Crippen LogP contribution in [-0.4, -0.2) is 62.1 Å². The highest BCUT2D eigenvalue weighted by Crippen LogP contribution is 2.31. The summed E-state index contributed by atoms with van der Waals surface area (Å²) in [6, 6.07) is 3.50. The topological polar surface area (TPSA) is 60.9 Å². The van der Waals surface area contributed by atoms with E-state index in [1.165, 1.54) is 4.31 Å². The van der Waals surface area contributed by atoms with E-state index in [4.69, 9.17) is 0 Å². The van der Waals surface area contributed by atoms with Crippen molar-refractivity contribution in [2.45, 2.75) is 35.9 Å². The Bertz CT molecular complexity index is 690. The molecule has 1 saturated heterocycles. The zero-order chi connectivity index (χ0) is 18.9. The molecule has 142 valence electrons. The maximum atomic E-state index is 12.7. The molecule has 1 N–H and O–H groups in total. The number of alkyl halides is 3. The summed E-state index contributed by atoms with van der Waals surface area (Å²) in [7, 11) is -0.219. The minimum atomic E-state index is -4.51. The summed E-state index contributed by atoms with van der Waals surface area (Å²) in [6.45, 7) is 0.800. The highest BCUT2D eigenvalue weighted by atomic mass is 32.2. The average molecular weight is 380 g/mol. The summed E-state index contributed by atoms with van der Waals surface area (Å²) in [4.78, 5) is 1.68. The molecular formula is C16H23F3N2O3S. The summed E-state index contributed by atoms with van der Waals surface area (Å²) < 4.78 is 64.5. The van der Waals surface area contributed by atoms with Crippen molar-refractivity contribution in [3.05, 3.63) is 29.8 Å². The van der Waals surface area contributed by atoms with E-state index in [2.05, 4.69) is 0 Å². The minimum absolute atomic E-state index is 0.133. The van der Waals surface area contributed by atoms with Crippen molar-refractivity contribution >= 4 is 10.0 Å². The molecule has 1 heterocycles. The van der Waals surface area contributed by atoms with E-state index in [1.807, 2.05) is 19.0 Å². The number of nitrogens with zero attached hydrogens (tertiary/aromatic N) is 2. The summed E-state index contributed by atoms with van der Waals surface area (Å²) in [5, 5.41) is 10.6. The van der Waals surface area contributed by atoms with Gasteiger partial charge in [-0.05, 0) is 57.6 Å². The van der Waals surface area contributed by atoms with Crippen molar-refractivity contribution < 1.29 is 26.7 Å². The lowest BCUT2D eigenvalue weighted by Gasteiger charge is -2.29. The van der Waals surface area contributed by atoms with Crippen LogP contribution in [0.1, 0.15) is 24.8 Å². The van der Waals surface area contributed by atoms with Crippen LogP contribution in [0.25, 0.3) is 0 Å². The molecule has 0 saturated carbocycles. The van der Waals surface area contributed by atoms with Crippen molar-refractivity contribution in [3.63, 3.8) is 0 Å². The van der Waals surface area contributed by atoms with Gasteiger partial charge in [-0.15, -0.1) is 0 Å². The first-order valence-electron chi connectivity index (χ1n) is 7.99. The molecule has 5 nitrogen and oxygen atoms in total. The van der Waals surface area contributed by atoms with E-state index in [0.29, 0.717) is 19.4 Å². The lowest BCUT2D eigenvalue weighted by Crippen LogP contribution is -2.41. The van der Waals surface area contributed by atoms with Gasteiger partial charge in [0, 0.05) is 19.6 Å². The van der Waals surface area contributed by atoms with Gasteiger partial charge in [-0.3, -0.25) is 0 Å². The molecule has 1 aliphatic rings. The fourth-order valence-corrected chi connectivity index (χ4v) is 4.59. The van der Waals surface area contributed by atoms with Crippen molar-refractivity contribution in [1.82, 2.24) is 9.21 Å². The molecule has 1 atom stereocenters. The number of aliphatic hydroxyl groups is 1. The number of rotatable bonds is 4. The Balaban J connectivity index is 2.17. The van der Waals surface area contributed by atoms with E-state index >= 15 is 0 Å². The third-order valence-corrected chi connectivity index (χ3v) is 6.22. The SMILES string of the molecule is CN(C)CC1(O)CCCN(S(=O)(=O)c2ccc(C(F)(F)F)cc2)CC1. The van der Waals surface area contributed by atoms with Gasteiger partial charge in [-0.1, -0.05) is 0 Å². The predicted octanol–water partition coefficient (Wildman–Crippen LogP) is 2.17. The van der Waals surface area contributed by atoms with E-state index in [-0.39, 0.29) is 24.4 Å². The molecule has 0 aromatic heterocycles. The first-order chi connectivity index (χ1) is 11.4. The fraction of sp³-hybridized carbons (Fsp3) is 0.625. The zero-order valence-electron chi connectivity index (χ0n) is 14.3. The Hall–Kier alpha value is -1.16. The standard InChI is InChI=1S/C16H23F3N2O3S/c1-20(2)12-15(22)8-3-10-21(11-9-15)25(23,24)14-6-4-13(5-7-14)16(17,18)19/h4-7,22H,3,8-12H2,1-2H3. The molecule has 0 spiro atoms. The Kier molecular flexibility index (Phi) is 5.82. The molecule has 2 rings (SSSR count). The summed E-state index contributed by atoms with van der Waals surface area (Å²) in [6.07, 6.45) is -3.26. The molecule has 1 aliphatic heterocycles. The quantitative estimate of drug-likeness (QED) is 0.870. The average Bonchev–Trinajstić information content (AvgIpc) is 2.68. The molecule has 1 aromatic carbocycles. The summed E-state index contributed by atoms with van der Waals surface area (Å²) >= 11 is 0. The van der Waals surface area contributed by atoms with Crippen molar-refractivity contribution in [2.75, 3.05) is 33.7 Å². The van der Waals surface area contributed by atoms with Crippen LogP contribution >= 0.6 is 0 Å². The lowest BCUT2D eigenvalue weighted by atomic mass is 9.94. The molecule has 0 aliphatic carbocycles. The molecule has 1 fully saturated rings. The molecule has 0 radical (unpaired) electrons. The second-order valence-corrected chi connectivity index (χ2v) is 8.68. The predicted molar refractivity (Wildman–Crippen MR) is 87.6 cm³/mol. The summed E-state index contributed by atoms with van der Waals surface area (Å²) in [5.41, 5.74) is -1.85. The normalized spacial score (nSPS) is 23.6. The molecule has 1 aromatic rings. The Morgan fingerprint density at radius 3 is 2.28 bits per heavy atom. The largest absolute Gasteiger partial charge is 0.416 e. The second-order valence-electron chi connectivity index (χ2n) is 6.74. The van der Waals surface area contributed by atoms with Crippen molar-refractivity contribution in [3.8, 4) is 0 Å². The van der Waals surface area contributed by atoms with Gasteiger partial charge in [-0.25, -0.2) is 8.42 Å². The smallest absolute Gasteiger partial charge is 0.389 e. The number of hydrogen-bond acceptors (Lipinski definition) is 4. The van der Waals surface area contributed by atoms with Gasteiger partial charge in [-0.2, -0.15) is 17.5 Å². The van der Waals surface area contributed by atoms with Crippen molar-refractivity contribution in [2.24, 2.45) is 0 Å². The molecule has 0 amide bonds. The monoisotopic (exact) mass is 380 g/mol. The molecule has 9 heteroatoms. The number of hydrogen-bond donors (Lipinski definition) is 1. The van der Waals surface area contributed by atoms with Crippen LogP contribution in [0.5, 0.6) is 0 Å². The number of halogens is 3. The van der Waals surface area contributed by atoms with E-state index in [1.54, 1.807) is 0 Å². The Morgan fingerprint density at radius 2 is 1.76 bits per heavy atom. The van der Waals surface area contributed by atoms with Crippen LogP contribution < -0.4 is 0 Å². The lowest BCUT2D eigenvalue weighted by molar-refractivity contribution is -0.137. The number of benzene rings is 1. The third-order valence-electron chi connectivity index (χ3n) is 4.31. The van der Waals surface area contributed by atoms with Crippen LogP contribution in [0.4, 0.5) is 13.2 Å².